The number of halogens is 2. The Labute approximate surface area is 281 Å². The van der Waals surface area contributed by atoms with E-state index >= 15 is 0 Å². The Morgan fingerprint density at radius 2 is 0.756 bits per heavy atom. The molecule has 41 heavy (non-hydrogen) atoms. The van der Waals surface area contributed by atoms with Gasteiger partial charge in [0.1, 0.15) is 6.54 Å². The van der Waals surface area contributed by atoms with Gasteiger partial charge in [-0.05, 0) is 44.9 Å². The molecule has 0 aliphatic carbocycles. The molecule has 0 fully saturated rings. The molecule has 0 amide bonds. The van der Waals surface area contributed by atoms with Crippen LogP contribution in [0.1, 0.15) is 155 Å². The van der Waals surface area contributed by atoms with Gasteiger partial charge in [0, 0.05) is 5.56 Å². The Morgan fingerprint density at radius 3 is 1.07 bits per heavy atom. The zero-order valence-electron chi connectivity index (χ0n) is 29.0. The van der Waals surface area contributed by atoms with Gasteiger partial charge in [-0.2, -0.15) is 0 Å². The van der Waals surface area contributed by atoms with Crippen LogP contribution in [0.25, 0.3) is 0 Å². The van der Waals surface area contributed by atoms with Crippen LogP contribution < -0.4 is 34.0 Å². The molecule has 0 aromatic heterocycles. The summed E-state index contributed by atoms with van der Waals surface area (Å²) in [4.78, 5) is 0. The normalized spacial score (nSPS) is 11.3. The third kappa shape index (κ3) is 29.9. The first-order valence-electron chi connectivity index (χ1n) is 17.5. The molecule has 0 aliphatic rings. The third-order valence-electron chi connectivity index (χ3n) is 8.16. The molecule has 0 bridgehead atoms. The van der Waals surface area contributed by atoms with Crippen LogP contribution in [-0.2, 0) is 6.54 Å². The van der Waals surface area contributed by atoms with Crippen molar-refractivity contribution in [2.24, 2.45) is 0 Å². The maximum atomic E-state index is 2.41. The Kier molecular flexibility index (Phi) is 35.0. The van der Waals surface area contributed by atoms with Gasteiger partial charge >= 0.3 is 0 Å². The highest BCUT2D eigenvalue weighted by molar-refractivity contribution is 5.13. The number of benzene rings is 1. The van der Waals surface area contributed by atoms with Crippen molar-refractivity contribution < 1.29 is 42.9 Å². The van der Waals surface area contributed by atoms with Crippen LogP contribution in [0.5, 0.6) is 0 Å². The molecule has 0 saturated heterocycles. The third-order valence-corrected chi connectivity index (χ3v) is 8.16. The summed E-state index contributed by atoms with van der Waals surface area (Å²) in [5.41, 5.74) is 1.40. The van der Waals surface area contributed by atoms with Gasteiger partial charge in [-0.1, -0.05) is 135 Å². The number of hydrogen-bond acceptors (Lipinski definition) is 0. The lowest BCUT2D eigenvalue weighted by atomic mass is 10.1. The topological polar surface area (TPSA) is 0 Å². The zero-order valence-corrected chi connectivity index (χ0v) is 32.2. The van der Waals surface area contributed by atoms with E-state index in [9.17, 15) is 0 Å². The van der Waals surface area contributed by atoms with Crippen molar-refractivity contribution in [2.45, 2.75) is 156 Å². The monoisotopic (exact) mass is 704 g/mol. The first-order chi connectivity index (χ1) is 18.8. The first kappa shape index (κ1) is 45.5. The molecule has 246 valence electrons. The van der Waals surface area contributed by atoms with Crippen LogP contribution in [-0.4, -0.2) is 56.3 Å². The van der Waals surface area contributed by atoms with E-state index in [-0.39, 0.29) is 34.0 Å². The summed E-state index contributed by atoms with van der Waals surface area (Å²) in [7, 11) is 6.60. The van der Waals surface area contributed by atoms with Crippen molar-refractivity contribution in [3.05, 3.63) is 35.9 Å². The van der Waals surface area contributed by atoms with Gasteiger partial charge in [-0.3, -0.25) is 0 Å². The van der Waals surface area contributed by atoms with Gasteiger partial charge in [0.2, 0.25) is 0 Å². The molecular weight excluding hydrogens is 632 g/mol. The smallest absolute Gasteiger partial charge is 0.104 e. The fourth-order valence-electron chi connectivity index (χ4n) is 5.96. The van der Waals surface area contributed by atoms with Gasteiger partial charge in [0.25, 0.3) is 0 Å². The second-order valence-electron chi connectivity index (χ2n) is 13.5. The first-order valence-corrected chi connectivity index (χ1v) is 17.5. The lowest BCUT2D eigenvalue weighted by Crippen LogP contribution is -3.00. The molecule has 1 aromatic rings. The Bertz CT molecular complexity index is 574. The number of nitrogens with zero attached hydrogens (tertiary/aromatic N) is 2. The molecule has 0 N–H and O–H groups in total. The highest BCUT2D eigenvalue weighted by Gasteiger charge is 2.25. The van der Waals surface area contributed by atoms with Gasteiger partial charge in [-0.15, -0.1) is 0 Å². The van der Waals surface area contributed by atoms with Crippen molar-refractivity contribution in [3.8, 4) is 0 Å². The van der Waals surface area contributed by atoms with E-state index in [4.69, 9.17) is 0 Å². The van der Waals surface area contributed by atoms with Crippen LogP contribution in [0.2, 0.25) is 0 Å². The molecule has 4 heteroatoms. The highest BCUT2D eigenvalue weighted by atomic mass is 79.9. The minimum absolute atomic E-state index is 0. The summed E-state index contributed by atoms with van der Waals surface area (Å²) in [5, 5.41) is 0. The maximum Gasteiger partial charge on any atom is 0.104 e. The molecule has 0 saturated carbocycles. The Balaban J connectivity index is -0.000000929. The fourth-order valence-corrected chi connectivity index (χ4v) is 5.96. The molecule has 0 radical (unpaired) electrons. The summed E-state index contributed by atoms with van der Waals surface area (Å²) in [6.07, 6.45) is 27.3. The Hall–Kier alpha value is 0.1000. The van der Waals surface area contributed by atoms with Crippen molar-refractivity contribution in [3.63, 3.8) is 0 Å². The van der Waals surface area contributed by atoms with E-state index in [2.05, 4.69) is 79.2 Å². The molecular formula is C37H74Br2N2. The minimum atomic E-state index is 0. The summed E-state index contributed by atoms with van der Waals surface area (Å²) in [5.74, 6) is 0. The summed E-state index contributed by atoms with van der Waals surface area (Å²) < 4.78 is 2.44. The number of quaternary nitrogens is 2. The zero-order chi connectivity index (χ0) is 29.1. The molecule has 1 rings (SSSR count). The van der Waals surface area contributed by atoms with E-state index in [0.717, 1.165) is 11.0 Å². The van der Waals surface area contributed by atoms with Gasteiger partial charge in [-0.25, -0.2) is 0 Å². The summed E-state index contributed by atoms with van der Waals surface area (Å²) in [6, 6.07) is 10.6. The molecule has 0 unspecified atom stereocenters. The largest absolute Gasteiger partial charge is 1.00 e. The summed E-state index contributed by atoms with van der Waals surface area (Å²) >= 11 is 0. The lowest BCUT2D eigenvalue weighted by molar-refractivity contribution is -0.929. The number of unbranched alkanes of at least 4 members (excludes halogenated alkanes) is 15. The Morgan fingerprint density at radius 1 is 0.415 bits per heavy atom. The number of hydrogen-bond donors (Lipinski definition) is 0. The van der Waals surface area contributed by atoms with Gasteiger partial charge in [0.15, 0.2) is 0 Å². The van der Waals surface area contributed by atoms with E-state index in [1.807, 2.05) is 0 Å². The summed E-state index contributed by atoms with van der Waals surface area (Å²) in [6.45, 7) is 16.3. The quantitative estimate of drug-likeness (QED) is 0.0971. The lowest BCUT2D eigenvalue weighted by Gasteiger charge is -2.39. The average molecular weight is 707 g/mol. The van der Waals surface area contributed by atoms with E-state index in [1.54, 1.807) is 0 Å². The second-order valence-corrected chi connectivity index (χ2v) is 13.5. The van der Waals surface area contributed by atoms with Crippen molar-refractivity contribution in [1.29, 1.82) is 0 Å². The van der Waals surface area contributed by atoms with E-state index in [1.165, 1.54) is 158 Å². The molecule has 0 heterocycles. The van der Waals surface area contributed by atoms with Crippen LogP contribution in [0.4, 0.5) is 0 Å². The van der Waals surface area contributed by atoms with Crippen molar-refractivity contribution in [2.75, 3.05) is 47.3 Å². The second kappa shape index (κ2) is 31.5. The number of rotatable bonds is 25. The fraction of sp³-hybridized carbons (Fsp3) is 0.838. The predicted octanol–water partition coefficient (Wildman–Crippen LogP) is 5.20. The van der Waals surface area contributed by atoms with Crippen LogP contribution in [0.3, 0.4) is 0 Å². The van der Waals surface area contributed by atoms with Crippen molar-refractivity contribution >= 4 is 0 Å². The van der Waals surface area contributed by atoms with Crippen LogP contribution in [0, 0.1) is 0 Å². The molecule has 2 nitrogen and oxygen atoms in total. The molecule has 1 aromatic carbocycles. The molecule has 0 atom stereocenters. The predicted molar refractivity (Wildman–Crippen MR) is 178 cm³/mol. The van der Waals surface area contributed by atoms with Crippen LogP contribution >= 0.6 is 0 Å². The average Bonchev–Trinajstić information content (AvgIpc) is 2.90. The molecule has 0 spiro atoms. The maximum absolute atomic E-state index is 2.41. The van der Waals surface area contributed by atoms with E-state index < -0.39 is 0 Å². The van der Waals surface area contributed by atoms with Crippen LogP contribution in [0.15, 0.2) is 30.3 Å². The highest BCUT2D eigenvalue weighted by Crippen LogP contribution is 2.19. The molecule has 0 aliphatic heterocycles. The van der Waals surface area contributed by atoms with Crippen molar-refractivity contribution in [1.82, 2.24) is 0 Å². The van der Waals surface area contributed by atoms with Gasteiger partial charge < -0.3 is 42.9 Å². The van der Waals surface area contributed by atoms with E-state index in [0.29, 0.717) is 0 Å². The SMILES string of the molecule is CCCCCCCC[N+](CCC)(CCCCCCCC)CCCCCCCC.C[N+](C)(C)Cc1ccccc1.[Br-].[Br-]. The standard InChI is InChI=1S/C27H58N.C10H16N.2BrH/c1-5-9-12-15-18-21-25-28(24-8-4,26-22-19-16-13-10-6-2)27-23-20-17-14-11-7-3;1-11(2,3)9-10-7-5-4-6-8-10;;/h5-27H2,1-4H3;4-8H,9H2,1-3H3;2*1H/q2*+1;;/p-2. The minimum Gasteiger partial charge on any atom is -1.00 e. The van der Waals surface area contributed by atoms with Gasteiger partial charge in [0.05, 0.1) is 47.3 Å².